The van der Waals surface area contributed by atoms with Gasteiger partial charge in [0.2, 0.25) is 5.82 Å². The Bertz CT molecular complexity index is 398. The Labute approximate surface area is 105 Å². The first kappa shape index (κ1) is 12.4. The highest BCUT2D eigenvalue weighted by atomic mass is 32.2. The number of nitrogens with zero attached hydrogens (tertiary/aromatic N) is 2. The van der Waals surface area contributed by atoms with Crippen molar-refractivity contribution in [3.63, 3.8) is 0 Å². The Morgan fingerprint density at radius 3 is 2.76 bits per heavy atom. The van der Waals surface area contributed by atoms with Gasteiger partial charge in [-0.15, -0.1) is 5.10 Å². The molecule has 1 aromatic heterocycles. The van der Waals surface area contributed by atoms with Crippen molar-refractivity contribution >= 4 is 17.7 Å². The lowest BCUT2D eigenvalue weighted by Crippen LogP contribution is -2.38. The summed E-state index contributed by atoms with van der Waals surface area (Å²) in [5.74, 6) is 0.710. The number of carbonyl (C=O) groups is 1. The van der Waals surface area contributed by atoms with Gasteiger partial charge in [0.05, 0.1) is 0 Å². The molecule has 5 nitrogen and oxygen atoms in total. The molecule has 0 aromatic carbocycles. The third-order valence-corrected chi connectivity index (χ3v) is 4.74. The number of aryl methyl sites for hydroxylation is 1. The number of hydrogen-bond acceptors (Lipinski definition) is 4. The second-order valence-corrected chi connectivity index (χ2v) is 5.80. The highest BCUT2D eigenvalue weighted by Crippen LogP contribution is 2.39. The third-order valence-electron chi connectivity index (χ3n) is 3.32. The van der Waals surface area contributed by atoms with Crippen LogP contribution in [0.5, 0.6) is 0 Å². The van der Waals surface area contributed by atoms with Crippen molar-refractivity contribution in [3.8, 4) is 0 Å². The van der Waals surface area contributed by atoms with Crippen molar-refractivity contribution in [1.29, 1.82) is 0 Å². The smallest absolute Gasteiger partial charge is 0.291 e. The van der Waals surface area contributed by atoms with E-state index in [1.54, 1.807) is 6.92 Å². The van der Waals surface area contributed by atoms with Gasteiger partial charge in [0.25, 0.3) is 5.91 Å². The van der Waals surface area contributed by atoms with E-state index >= 15 is 0 Å². The van der Waals surface area contributed by atoms with Crippen LogP contribution in [-0.2, 0) is 0 Å². The summed E-state index contributed by atoms with van der Waals surface area (Å²) >= 11 is 1.86. The van der Waals surface area contributed by atoms with Gasteiger partial charge in [0.15, 0.2) is 0 Å². The molecular formula is C11H18N4OS. The van der Waals surface area contributed by atoms with E-state index in [0.29, 0.717) is 12.4 Å². The first-order chi connectivity index (χ1) is 8.15. The summed E-state index contributed by atoms with van der Waals surface area (Å²) in [5.41, 5.74) is 0. The second kappa shape index (κ2) is 5.08. The first-order valence-corrected chi connectivity index (χ1v) is 7.10. The zero-order chi connectivity index (χ0) is 12.3. The number of carbonyl (C=O) groups excluding carboxylic acids is 1. The molecule has 1 heterocycles. The molecule has 1 aliphatic carbocycles. The molecule has 0 atom stereocenters. The highest BCUT2D eigenvalue weighted by molar-refractivity contribution is 8.00. The molecule has 1 aliphatic rings. The Balaban J connectivity index is 1.91. The molecule has 1 amide bonds. The molecule has 1 saturated carbocycles. The van der Waals surface area contributed by atoms with E-state index in [1.807, 2.05) is 11.8 Å². The molecule has 0 saturated heterocycles. The largest absolute Gasteiger partial charge is 0.348 e. The van der Waals surface area contributed by atoms with Crippen molar-refractivity contribution < 1.29 is 4.79 Å². The number of amides is 1. The number of nitrogens with one attached hydrogen (secondary N) is 2. The number of thioether (sulfide) groups is 1. The SMILES string of the molecule is CSC1(CNC(=O)c2n[nH]c(C)n2)CCCC1. The number of hydrogen-bond donors (Lipinski definition) is 2. The molecule has 0 aliphatic heterocycles. The van der Waals surface area contributed by atoms with Gasteiger partial charge in [0.1, 0.15) is 5.82 Å². The van der Waals surface area contributed by atoms with Crippen LogP contribution >= 0.6 is 11.8 Å². The van der Waals surface area contributed by atoms with Gasteiger partial charge in [0, 0.05) is 11.3 Å². The van der Waals surface area contributed by atoms with Crippen molar-refractivity contribution in [1.82, 2.24) is 20.5 Å². The van der Waals surface area contributed by atoms with Gasteiger partial charge in [-0.2, -0.15) is 11.8 Å². The molecule has 2 rings (SSSR count). The third kappa shape index (κ3) is 2.80. The van der Waals surface area contributed by atoms with E-state index in [4.69, 9.17) is 0 Å². The fourth-order valence-electron chi connectivity index (χ4n) is 2.24. The second-order valence-electron chi connectivity index (χ2n) is 4.52. The number of aromatic amines is 1. The molecule has 0 radical (unpaired) electrons. The Kier molecular flexibility index (Phi) is 3.71. The standard InChI is InChI=1S/C11H18N4OS/c1-8-13-9(15-14-8)10(16)12-7-11(17-2)5-3-4-6-11/h3-7H2,1-2H3,(H,12,16)(H,13,14,15). The number of H-pyrrole nitrogens is 1. The van der Waals surface area contributed by atoms with Crippen LogP contribution in [0.3, 0.4) is 0 Å². The molecule has 94 valence electrons. The highest BCUT2D eigenvalue weighted by Gasteiger charge is 2.33. The minimum atomic E-state index is -0.185. The van der Waals surface area contributed by atoms with Crippen LogP contribution in [0.2, 0.25) is 0 Å². The molecule has 0 unspecified atom stereocenters. The molecule has 1 aromatic rings. The zero-order valence-electron chi connectivity index (χ0n) is 10.2. The van der Waals surface area contributed by atoms with Crippen molar-refractivity contribution in [2.24, 2.45) is 0 Å². The van der Waals surface area contributed by atoms with Gasteiger partial charge < -0.3 is 5.32 Å². The van der Waals surface area contributed by atoms with Crippen LogP contribution in [-0.4, -0.2) is 38.6 Å². The summed E-state index contributed by atoms with van der Waals surface area (Å²) in [6, 6.07) is 0. The fourth-order valence-corrected chi connectivity index (χ4v) is 3.15. The number of rotatable bonds is 4. The van der Waals surface area contributed by atoms with Gasteiger partial charge in [-0.1, -0.05) is 12.8 Å². The van der Waals surface area contributed by atoms with Gasteiger partial charge in [-0.25, -0.2) is 4.98 Å². The summed E-state index contributed by atoms with van der Waals surface area (Å²) < 4.78 is 0.223. The van der Waals surface area contributed by atoms with E-state index in [0.717, 1.165) is 0 Å². The van der Waals surface area contributed by atoms with Crippen LogP contribution in [0.1, 0.15) is 42.1 Å². The molecule has 0 bridgehead atoms. The van der Waals surface area contributed by atoms with E-state index in [2.05, 4.69) is 26.8 Å². The van der Waals surface area contributed by atoms with E-state index < -0.39 is 0 Å². The quantitative estimate of drug-likeness (QED) is 0.854. The monoisotopic (exact) mass is 254 g/mol. The Hall–Kier alpha value is -1.04. The minimum Gasteiger partial charge on any atom is -0.348 e. The summed E-state index contributed by atoms with van der Waals surface area (Å²) in [7, 11) is 0. The predicted octanol–water partition coefficient (Wildman–Crippen LogP) is 1.52. The average Bonchev–Trinajstić information content (AvgIpc) is 2.95. The van der Waals surface area contributed by atoms with Crippen molar-refractivity contribution in [3.05, 3.63) is 11.6 Å². The van der Waals surface area contributed by atoms with E-state index in [9.17, 15) is 4.79 Å². The minimum absolute atomic E-state index is 0.185. The van der Waals surface area contributed by atoms with Crippen molar-refractivity contribution in [2.45, 2.75) is 37.4 Å². The molecule has 6 heteroatoms. The van der Waals surface area contributed by atoms with Gasteiger partial charge in [-0.05, 0) is 26.0 Å². The van der Waals surface area contributed by atoms with Gasteiger partial charge in [-0.3, -0.25) is 9.89 Å². The summed E-state index contributed by atoms with van der Waals surface area (Å²) in [5, 5.41) is 9.47. The molecule has 2 N–H and O–H groups in total. The average molecular weight is 254 g/mol. The van der Waals surface area contributed by atoms with E-state index in [1.165, 1.54) is 25.7 Å². The lowest BCUT2D eigenvalue weighted by molar-refractivity contribution is 0.0939. The maximum absolute atomic E-state index is 11.8. The predicted molar refractivity (Wildman–Crippen MR) is 68.2 cm³/mol. The summed E-state index contributed by atoms with van der Waals surface area (Å²) in [6.45, 7) is 2.49. The van der Waals surface area contributed by atoms with Crippen LogP contribution in [0.15, 0.2) is 0 Å². The normalized spacial score (nSPS) is 18.2. The molecule has 0 spiro atoms. The van der Waals surface area contributed by atoms with E-state index in [-0.39, 0.29) is 16.5 Å². The Morgan fingerprint density at radius 1 is 1.53 bits per heavy atom. The fraction of sp³-hybridized carbons (Fsp3) is 0.727. The maximum atomic E-state index is 11.8. The van der Waals surface area contributed by atoms with Crippen LogP contribution in [0.4, 0.5) is 0 Å². The first-order valence-electron chi connectivity index (χ1n) is 5.88. The molecule has 1 fully saturated rings. The lowest BCUT2D eigenvalue weighted by Gasteiger charge is -2.26. The van der Waals surface area contributed by atoms with Crippen molar-refractivity contribution in [2.75, 3.05) is 12.8 Å². The van der Waals surface area contributed by atoms with Crippen LogP contribution in [0.25, 0.3) is 0 Å². The summed E-state index contributed by atoms with van der Waals surface area (Å²) in [4.78, 5) is 15.8. The molecule has 17 heavy (non-hydrogen) atoms. The zero-order valence-corrected chi connectivity index (χ0v) is 11.1. The van der Waals surface area contributed by atoms with Crippen LogP contribution in [0, 0.1) is 6.92 Å². The van der Waals surface area contributed by atoms with Gasteiger partial charge >= 0.3 is 0 Å². The summed E-state index contributed by atoms with van der Waals surface area (Å²) in [6.07, 6.45) is 7.00. The topological polar surface area (TPSA) is 70.7 Å². The van der Waals surface area contributed by atoms with Crippen LogP contribution < -0.4 is 5.32 Å². The number of aromatic nitrogens is 3. The molecular weight excluding hydrogens is 236 g/mol. The Morgan fingerprint density at radius 2 is 2.24 bits per heavy atom. The maximum Gasteiger partial charge on any atom is 0.291 e. The lowest BCUT2D eigenvalue weighted by atomic mass is 10.1.